The molecule has 0 saturated carbocycles. The number of furan rings is 1. The molecule has 0 amide bonds. The summed E-state index contributed by atoms with van der Waals surface area (Å²) in [5.74, 6) is 2.42. The van der Waals surface area contributed by atoms with E-state index in [9.17, 15) is 0 Å². The van der Waals surface area contributed by atoms with Crippen LogP contribution in [-0.4, -0.2) is 6.54 Å². The molecule has 2 nitrogen and oxygen atoms in total. The predicted octanol–water partition coefficient (Wildman–Crippen LogP) is 4.38. The molecular weight excluding hydrogens is 234 g/mol. The average molecular weight is 259 g/mol. The largest absolute Gasteiger partial charge is 0.459 e. The molecule has 2 rings (SSSR count). The van der Waals surface area contributed by atoms with Gasteiger partial charge in [-0.1, -0.05) is 45.9 Å². The topological polar surface area (TPSA) is 25.2 Å². The zero-order valence-corrected chi connectivity index (χ0v) is 12.5. The Morgan fingerprint density at radius 2 is 1.79 bits per heavy atom. The number of hydrogen-bond donors (Lipinski definition) is 1. The van der Waals surface area contributed by atoms with E-state index in [1.807, 2.05) is 6.07 Å². The van der Waals surface area contributed by atoms with Gasteiger partial charge >= 0.3 is 0 Å². The third-order valence-corrected chi connectivity index (χ3v) is 3.23. The van der Waals surface area contributed by atoms with Crippen molar-refractivity contribution >= 4 is 11.0 Å². The van der Waals surface area contributed by atoms with E-state index in [0.717, 1.165) is 30.9 Å². The van der Waals surface area contributed by atoms with Gasteiger partial charge in [-0.15, -0.1) is 0 Å². The quantitative estimate of drug-likeness (QED) is 0.833. The number of fused-ring (bicyclic) bond motifs is 1. The number of para-hydroxylation sites is 1. The van der Waals surface area contributed by atoms with Gasteiger partial charge in [0.1, 0.15) is 11.3 Å². The number of benzene rings is 1. The molecule has 0 atom stereocenters. The number of rotatable bonds is 6. The molecule has 0 aliphatic carbocycles. The van der Waals surface area contributed by atoms with E-state index >= 15 is 0 Å². The Labute approximate surface area is 116 Å². The minimum Gasteiger partial charge on any atom is -0.459 e. The zero-order valence-electron chi connectivity index (χ0n) is 12.5. The van der Waals surface area contributed by atoms with Crippen LogP contribution in [0.3, 0.4) is 0 Å². The van der Waals surface area contributed by atoms with E-state index in [1.54, 1.807) is 0 Å². The van der Waals surface area contributed by atoms with Gasteiger partial charge in [0.2, 0.25) is 0 Å². The van der Waals surface area contributed by atoms with Gasteiger partial charge in [0.05, 0.1) is 6.54 Å². The van der Waals surface area contributed by atoms with Crippen molar-refractivity contribution < 1.29 is 4.42 Å². The lowest BCUT2D eigenvalue weighted by molar-refractivity contribution is 0.476. The maximum Gasteiger partial charge on any atom is 0.134 e. The van der Waals surface area contributed by atoms with Gasteiger partial charge in [0.15, 0.2) is 0 Å². The molecule has 0 fully saturated rings. The summed E-state index contributed by atoms with van der Waals surface area (Å²) >= 11 is 0. The molecule has 1 N–H and O–H groups in total. The van der Waals surface area contributed by atoms with Crippen molar-refractivity contribution in [1.29, 1.82) is 0 Å². The lowest BCUT2D eigenvalue weighted by Crippen LogP contribution is -2.19. The highest BCUT2D eigenvalue weighted by molar-refractivity contribution is 5.82. The van der Waals surface area contributed by atoms with Crippen molar-refractivity contribution in [2.24, 2.45) is 11.8 Å². The summed E-state index contributed by atoms with van der Waals surface area (Å²) in [6.45, 7) is 10.8. The fourth-order valence-corrected chi connectivity index (χ4v) is 2.40. The lowest BCUT2D eigenvalue weighted by atomic mass is 10.00. The van der Waals surface area contributed by atoms with Gasteiger partial charge in [-0.3, -0.25) is 0 Å². The van der Waals surface area contributed by atoms with Gasteiger partial charge in [-0.2, -0.15) is 0 Å². The summed E-state index contributed by atoms with van der Waals surface area (Å²) in [6.07, 6.45) is 1.08. The maximum absolute atomic E-state index is 6.02. The van der Waals surface area contributed by atoms with Gasteiger partial charge in [0, 0.05) is 10.9 Å². The summed E-state index contributed by atoms with van der Waals surface area (Å²) in [4.78, 5) is 0. The Balaban J connectivity index is 2.25. The van der Waals surface area contributed by atoms with Gasteiger partial charge in [-0.25, -0.2) is 0 Å². The Hall–Kier alpha value is -1.28. The van der Waals surface area contributed by atoms with Crippen molar-refractivity contribution in [1.82, 2.24) is 5.32 Å². The fraction of sp³-hybridized carbons (Fsp3) is 0.529. The van der Waals surface area contributed by atoms with Gasteiger partial charge < -0.3 is 9.73 Å². The minimum absolute atomic E-state index is 0.643. The highest BCUT2D eigenvalue weighted by atomic mass is 16.3. The van der Waals surface area contributed by atoms with E-state index in [4.69, 9.17) is 4.42 Å². The summed E-state index contributed by atoms with van der Waals surface area (Å²) in [6, 6.07) is 8.36. The van der Waals surface area contributed by atoms with E-state index in [1.165, 1.54) is 10.9 Å². The monoisotopic (exact) mass is 259 g/mol. The molecule has 19 heavy (non-hydrogen) atoms. The highest BCUT2D eigenvalue weighted by Crippen LogP contribution is 2.28. The second-order valence-electron chi connectivity index (χ2n) is 6.12. The first kappa shape index (κ1) is 14.1. The highest BCUT2D eigenvalue weighted by Gasteiger charge is 2.14. The van der Waals surface area contributed by atoms with Crippen LogP contribution in [0.2, 0.25) is 0 Å². The van der Waals surface area contributed by atoms with E-state index in [-0.39, 0.29) is 0 Å². The molecule has 0 saturated heterocycles. The molecule has 0 spiro atoms. The average Bonchev–Trinajstić information content (AvgIpc) is 2.67. The minimum atomic E-state index is 0.643. The molecule has 0 bridgehead atoms. The van der Waals surface area contributed by atoms with Crippen LogP contribution in [0.4, 0.5) is 0 Å². The van der Waals surface area contributed by atoms with E-state index in [2.05, 4.69) is 51.2 Å². The third kappa shape index (κ3) is 3.60. The molecule has 0 unspecified atom stereocenters. The van der Waals surface area contributed by atoms with Crippen molar-refractivity contribution in [3.05, 3.63) is 35.6 Å². The molecule has 0 aliphatic rings. The van der Waals surface area contributed by atoms with E-state index in [0.29, 0.717) is 11.8 Å². The molecule has 1 heterocycles. The Bertz CT molecular complexity index is 525. The van der Waals surface area contributed by atoms with Crippen LogP contribution < -0.4 is 5.32 Å². The van der Waals surface area contributed by atoms with Crippen molar-refractivity contribution in [2.75, 3.05) is 6.54 Å². The Morgan fingerprint density at radius 1 is 1.05 bits per heavy atom. The Kier molecular flexibility index (Phi) is 4.65. The standard InChI is InChI=1S/C17H25NO/c1-12(2)9-15-14-7-5-6-8-16(14)19-17(15)11-18-10-13(3)4/h5-8,12-13,18H,9-11H2,1-4H3. The Morgan fingerprint density at radius 3 is 2.47 bits per heavy atom. The van der Waals surface area contributed by atoms with E-state index < -0.39 is 0 Å². The number of nitrogens with one attached hydrogen (secondary N) is 1. The number of hydrogen-bond acceptors (Lipinski definition) is 2. The van der Waals surface area contributed by atoms with Crippen LogP contribution in [0.1, 0.15) is 39.0 Å². The lowest BCUT2D eigenvalue weighted by Gasteiger charge is -2.09. The van der Waals surface area contributed by atoms with Crippen LogP contribution >= 0.6 is 0 Å². The summed E-state index contributed by atoms with van der Waals surface area (Å²) in [5.41, 5.74) is 2.39. The second-order valence-corrected chi connectivity index (χ2v) is 6.12. The van der Waals surface area contributed by atoms with Gasteiger partial charge in [0.25, 0.3) is 0 Å². The first-order chi connectivity index (χ1) is 9.08. The first-order valence-corrected chi connectivity index (χ1v) is 7.28. The van der Waals surface area contributed by atoms with Crippen molar-refractivity contribution in [2.45, 2.75) is 40.7 Å². The van der Waals surface area contributed by atoms with Crippen LogP contribution in [0.5, 0.6) is 0 Å². The molecule has 1 aromatic heterocycles. The predicted molar refractivity (Wildman–Crippen MR) is 81.3 cm³/mol. The molecule has 0 aliphatic heterocycles. The normalized spacial score (nSPS) is 11.9. The molecule has 2 heteroatoms. The fourth-order valence-electron chi connectivity index (χ4n) is 2.40. The maximum atomic E-state index is 6.02. The molecule has 2 aromatic rings. The molecular formula is C17H25NO. The van der Waals surface area contributed by atoms with Crippen LogP contribution in [0, 0.1) is 11.8 Å². The SMILES string of the molecule is CC(C)CNCc1oc2ccccc2c1CC(C)C. The summed E-state index contributed by atoms with van der Waals surface area (Å²) in [5, 5.41) is 4.76. The molecule has 0 radical (unpaired) electrons. The smallest absolute Gasteiger partial charge is 0.134 e. The molecule has 1 aromatic carbocycles. The third-order valence-electron chi connectivity index (χ3n) is 3.23. The summed E-state index contributed by atoms with van der Waals surface area (Å²) in [7, 11) is 0. The van der Waals surface area contributed by atoms with Crippen LogP contribution in [0.25, 0.3) is 11.0 Å². The van der Waals surface area contributed by atoms with Crippen LogP contribution in [0.15, 0.2) is 28.7 Å². The second kappa shape index (κ2) is 6.25. The summed E-state index contributed by atoms with van der Waals surface area (Å²) < 4.78 is 6.02. The van der Waals surface area contributed by atoms with Crippen molar-refractivity contribution in [3.8, 4) is 0 Å². The van der Waals surface area contributed by atoms with Crippen molar-refractivity contribution in [3.63, 3.8) is 0 Å². The first-order valence-electron chi connectivity index (χ1n) is 7.28. The van der Waals surface area contributed by atoms with Crippen LogP contribution in [-0.2, 0) is 13.0 Å². The molecule has 104 valence electrons. The zero-order chi connectivity index (χ0) is 13.8. The van der Waals surface area contributed by atoms with Gasteiger partial charge in [-0.05, 0) is 30.9 Å².